The van der Waals surface area contributed by atoms with Crippen LogP contribution in [0.1, 0.15) is 12.5 Å². The number of hydrogen-bond acceptors (Lipinski definition) is 13. The summed E-state index contributed by atoms with van der Waals surface area (Å²) in [6, 6.07) is 17.1. The Morgan fingerprint density at radius 1 is 0.685 bits per heavy atom. The predicted molar refractivity (Wildman–Crippen MR) is 197 cm³/mol. The molecular formula is C32H27Cl2N8NaO9S2. The third-order valence-electron chi connectivity index (χ3n) is 6.95. The maximum atomic E-state index is 12.6. The average Bonchev–Trinajstić information content (AvgIpc) is 3.04. The second-order valence-electron chi connectivity index (χ2n) is 10.9. The molecule has 17 nitrogen and oxygen atoms in total. The number of aryl methyl sites for hydroxylation is 1. The van der Waals surface area contributed by atoms with Gasteiger partial charge >= 0.3 is 35.6 Å². The molecule has 0 aliphatic rings. The largest absolute Gasteiger partial charge is 1.00 e. The molecule has 0 saturated heterocycles. The van der Waals surface area contributed by atoms with E-state index in [0.29, 0.717) is 16.9 Å². The van der Waals surface area contributed by atoms with Crippen molar-refractivity contribution >= 4 is 106 Å². The maximum Gasteiger partial charge on any atom is 1.00 e. The van der Waals surface area contributed by atoms with Crippen molar-refractivity contribution in [2.75, 3.05) is 16.0 Å². The number of phenols is 1. The van der Waals surface area contributed by atoms with E-state index in [1.807, 2.05) is 0 Å². The summed E-state index contributed by atoms with van der Waals surface area (Å²) in [6.45, 7) is 3.03. The summed E-state index contributed by atoms with van der Waals surface area (Å²) in [5.41, 5.74) is 0.385. The van der Waals surface area contributed by atoms with Gasteiger partial charge in [-0.2, -0.15) is 0 Å². The van der Waals surface area contributed by atoms with Crippen molar-refractivity contribution in [1.29, 1.82) is 0 Å². The number of urea groups is 1. The number of hydrogen-bond donors (Lipinski definition) is 5. The van der Waals surface area contributed by atoms with E-state index >= 15 is 0 Å². The Kier molecular flexibility index (Phi) is 14.4. The van der Waals surface area contributed by atoms with Gasteiger partial charge in [-0.25, -0.2) is 21.6 Å². The van der Waals surface area contributed by atoms with Gasteiger partial charge in [0, 0.05) is 34.4 Å². The Bertz CT molecular complexity index is 2560. The molecule has 0 bridgehead atoms. The number of azo groups is 2. The molecule has 5 aromatic carbocycles. The van der Waals surface area contributed by atoms with Gasteiger partial charge in [-0.3, -0.25) is 4.79 Å². The van der Waals surface area contributed by atoms with E-state index in [1.165, 1.54) is 37.3 Å². The van der Waals surface area contributed by atoms with Crippen LogP contribution < -0.4 is 51.7 Å². The van der Waals surface area contributed by atoms with E-state index in [2.05, 4.69) is 36.4 Å². The van der Waals surface area contributed by atoms with Crippen LogP contribution in [0.4, 0.5) is 44.6 Å². The molecule has 8 N–H and O–H groups in total. The number of phenolic OH excluding ortho intramolecular Hbond substituents is 1. The molecule has 276 valence electrons. The summed E-state index contributed by atoms with van der Waals surface area (Å²) < 4.78 is 72.5. The average molecular weight is 826 g/mol. The van der Waals surface area contributed by atoms with E-state index in [1.54, 1.807) is 37.3 Å². The van der Waals surface area contributed by atoms with Crippen LogP contribution in [-0.2, 0) is 25.0 Å². The summed E-state index contributed by atoms with van der Waals surface area (Å²) in [7, 11) is -10.4. The number of anilines is 3. The second kappa shape index (κ2) is 17.7. The van der Waals surface area contributed by atoms with Gasteiger partial charge in [0.2, 0.25) is 5.91 Å². The van der Waals surface area contributed by atoms with Crippen LogP contribution in [0.25, 0.3) is 10.8 Å². The van der Waals surface area contributed by atoms with Crippen molar-refractivity contribution in [2.45, 2.75) is 23.6 Å². The summed E-state index contributed by atoms with van der Waals surface area (Å²) in [5.74, 6) is -0.983. The molecule has 0 spiro atoms. The zero-order chi connectivity index (χ0) is 38.0. The number of nitrogens with one attached hydrogen (secondary N) is 3. The van der Waals surface area contributed by atoms with E-state index in [0.717, 1.165) is 18.2 Å². The number of carbonyl (C=O) groups is 2. The van der Waals surface area contributed by atoms with Crippen LogP contribution in [0.5, 0.6) is 5.75 Å². The van der Waals surface area contributed by atoms with Gasteiger partial charge in [0.05, 0.1) is 14.8 Å². The van der Waals surface area contributed by atoms with Gasteiger partial charge in [0.1, 0.15) is 43.0 Å². The van der Waals surface area contributed by atoms with Crippen LogP contribution in [0.2, 0.25) is 10.0 Å². The number of amides is 3. The summed E-state index contributed by atoms with van der Waals surface area (Å²) in [5, 5.41) is 34.2. The number of aromatic hydroxyl groups is 1. The van der Waals surface area contributed by atoms with Crippen LogP contribution >= 0.6 is 23.2 Å². The predicted octanol–water partition coefficient (Wildman–Crippen LogP) is 5.78. The SMILES string of the molecule is CC(=O)Nc1ccc(NC(=O)Nc2ccc3c(O)c(N=Nc4cc(C)ccc4N=Nc4c(Cl)cc(Cl)cc4S(=O)(=O)[O-])c(S(=O)(=O)[O-])cc3c2)cc1.[NH4+].[Na+]. The Morgan fingerprint density at radius 3 is 1.83 bits per heavy atom. The smallest absolute Gasteiger partial charge is 0.744 e. The zero-order valence-corrected chi connectivity index (χ0v) is 33.7. The van der Waals surface area contributed by atoms with Crippen molar-refractivity contribution < 1.29 is 70.2 Å². The van der Waals surface area contributed by atoms with Crippen molar-refractivity contribution in [3.8, 4) is 5.75 Å². The van der Waals surface area contributed by atoms with Crippen molar-refractivity contribution in [1.82, 2.24) is 6.15 Å². The molecular weight excluding hydrogens is 798 g/mol. The minimum absolute atomic E-state index is 0. The van der Waals surface area contributed by atoms with Gasteiger partial charge < -0.3 is 36.3 Å². The minimum Gasteiger partial charge on any atom is -0.744 e. The molecule has 0 atom stereocenters. The van der Waals surface area contributed by atoms with Crippen molar-refractivity contribution in [3.05, 3.63) is 94.5 Å². The molecule has 0 aliphatic heterocycles. The van der Waals surface area contributed by atoms with Crippen molar-refractivity contribution in [3.63, 3.8) is 0 Å². The van der Waals surface area contributed by atoms with Gasteiger partial charge in [-0.1, -0.05) is 29.3 Å². The fourth-order valence-electron chi connectivity index (χ4n) is 4.69. The summed E-state index contributed by atoms with van der Waals surface area (Å²) in [6.07, 6.45) is 0. The molecule has 0 heterocycles. The van der Waals surface area contributed by atoms with Gasteiger partial charge in [-0.05, 0) is 90.7 Å². The first kappa shape index (κ1) is 43.9. The van der Waals surface area contributed by atoms with Crippen LogP contribution in [0.3, 0.4) is 0 Å². The van der Waals surface area contributed by atoms with E-state index in [4.69, 9.17) is 23.2 Å². The van der Waals surface area contributed by atoms with Gasteiger partial charge in [0.15, 0.2) is 5.75 Å². The minimum atomic E-state index is -5.27. The molecule has 22 heteroatoms. The van der Waals surface area contributed by atoms with Gasteiger partial charge in [0.25, 0.3) is 0 Å². The first-order valence-corrected chi connectivity index (χ1v) is 18.1. The van der Waals surface area contributed by atoms with Crippen LogP contribution in [-0.4, -0.2) is 43.0 Å². The molecule has 54 heavy (non-hydrogen) atoms. The maximum absolute atomic E-state index is 12.6. The van der Waals surface area contributed by atoms with Crippen LogP contribution in [0, 0.1) is 6.92 Å². The summed E-state index contributed by atoms with van der Waals surface area (Å²) >= 11 is 11.9. The molecule has 5 rings (SSSR count). The first-order valence-electron chi connectivity index (χ1n) is 14.5. The number of carbonyl (C=O) groups excluding carboxylic acids is 2. The molecule has 0 aromatic heterocycles. The standard InChI is InChI=1S/C32H25Cl2N7O9S2.H3N.Na/c1-16-3-10-25(38-40-29-24(34)14-19(33)15-28(29)52(48,49)50)26(11-16)39-41-30-27(51(45,46)47)13-18-12-22(8-9-23(18)31(30)43)37-32(44)36-21-6-4-20(5-7-21)35-17(2)42;;/h3-15,43H,1-2H3,(H,35,42)(H2,36,37,44)(H,45,46,47)(H,48,49,50);1H3;/q;;+1/p-1. The molecule has 3 amide bonds. The number of halogens is 2. The molecule has 0 radical (unpaired) electrons. The zero-order valence-electron chi connectivity index (χ0n) is 28.6. The number of benzene rings is 5. The first-order chi connectivity index (χ1) is 24.4. The fraction of sp³-hybridized carbons (Fsp3) is 0.0625. The monoisotopic (exact) mass is 824 g/mol. The van der Waals surface area contributed by atoms with E-state index in [-0.39, 0.29) is 79.5 Å². The number of quaternary nitrogens is 1. The van der Waals surface area contributed by atoms with Crippen LogP contribution in [0.15, 0.2) is 109 Å². The third-order valence-corrected chi connectivity index (χ3v) is 9.16. The number of rotatable bonds is 9. The Labute approximate surface area is 340 Å². The Hall–Kier alpha value is -4.54. The quantitative estimate of drug-likeness (QED) is 0.0682. The van der Waals surface area contributed by atoms with E-state index in [9.17, 15) is 40.6 Å². The molecule has 0 aliphatic carbocycles. The fourth-order valence-corrected chi connectivity index (χ4v) is 6.64. The number of fused-ring (bicyclic) bond motifs is 1. The molecule has 0 fully saturated rings. The van der Waals surface area contributed by atoms with Crippen molar-refractivity contribution in [2.24, 2.45) is 20.5 Å². The Balaban J connectivity index is 0.00000392. The molecule has 0 saturated carbocycles. The molecule has 0 unspecified atom stereocenters. The summed E-state index contributed by atoms with van der Waals surface area (Å²) in [4.78, 5) is 22.1. The van der Waals surface area contributed by atoms with E-state index < -0.39 is 53.2 Å². The molecule has 5 aromatic rings. The normalized spacial score (nSPS) is 11.6. The van der Waals surface area contributed by atoms with Gasteiger partial charge in [-0.15, -0.1) is 20.5 Å². The Morgan fingerprint density at radius 2 is 1.22 bits per heavy atom. The number of nitrogens with zero attached hydrogens (tertiary/aromatic N) is 4. The topological polar surface area (TPSA) is 291 Å². The third kappa shape index (κ3) is 10.8. The second-order valence-corrected chi connectivity index (χ2v) is 14.4.